The quantitative estimate of drug-likeness (QED) is 0.102. The average molecular weight is 421 g/mol. The molecule has 0 aliphatic rings. The Bertz CT molecular complexity index is 316. The summed E-state index contributed by atoms with van der Waals surface area (Å²) in [6.07, 6.45) is 39.3. The van der Waals surface area contributed by atoms with Crippen molar-refractivity contribution >= 4 is 0 Å². The lowest BCUT2D eigenvalue weighted by atomic mass is 9.91. The lowest BCUT2D eigenvalue weighted by Gasteiger charge is -2.15. The molecule has 0 heteroatoms. The van der Waals surface area contributed by atoms with Gasteiger partial charge < -0.3 is 0 Å². The van der Waals surface area contributed by atoms with Crippen LogP contribution in [0.4, 0.5) is 0 Å². The van der Waals surface area contributed by atoms with Crippen molar-refractivity contribution in [1.82, 2.24) is 0 Å². The average Bonchev–Trinajstić information content (AvgIpc) is 2.75. The topological polar surface area (TPSA) is 0 Å². The summed E-state index contributed by atoms with van der Waals surface area (Å²) >= 11 is 0. The molecule has 30 heavy (non-hydrogen) atoms. The second-order valence-electron chi connectivity index (χ2n) is 9.94. The van der Waals surface area contributed by atoms with Gasteiger partial charge in [0.15, 0.2) is 0 Å². The molecule has 0 aromatic rings. The normalized spacial score (nSPS) is 12.8. The molecule has 180 valence electrons. The molecule has 0 radical (unpaired) electrons. The van der Waals surface area contributed by atoms with Crippen LogP contribution in [0.3, 0.4) is 0 Å². The fourth-order valence-corrected chi connectivity index (χ4v) is 4.74. The van der Waals surface area contributed by atoms with Gasteiger partial charge in [-0.3, -0.25) is 0 Å². The second-order valence-corrected chi connectivity index (χ2v) is 9.94. The molecule has 0 aromatic carbocycles. The van der Waals surface area contributed by atoms with Crippen LogP contribution in [-0.2, 0) is 0 Å². The molecule has 1 unspecified atom stereocenters. The van der Waals surface area contributed by atoms with Crippen LogP contribution < -0.4 is 0 Å². The molecule has 0 fully saturated rings. The molecular formula is C30H60. The third kappa shape index (κ3) is 24.0. The first kappa shape index (κ1) is 29.7. The van der Waals surface area contributed by atoms with Gasteiger partial charge in [-0.25, -0.2) is 0 Å². The third-order valence-corrected chi connectivity index (χ3v) is 6.79. The summed E-state index contributed by atoms with van der Waals surface area (Å²) in [5, 5.41) is 0. The smallest absolute Gasteiger partial charge is 0.0351 e. The Labute approximate surface area is 193 Å². The van der Waals surface area contributed by atoms with E-state index in [2.05, 4.69) is 32.9 Å². The van der Waals surface area contributed by atoms with E-state index in [1.165, 1.54) is 154 Å². The summed E-state index contributed by atoms with van der Waals surface area (Å²) in [5.74, 6) is 1.03. The second kappa shape index (κ2) is 26.8. The molecule has 0 aliphatic carbocycles. The minimum absolute atomic E-state index is 1.03. The Kier molecular flexibility index (Phi) is 26.5. The summed E-state index contributed by atoms with van der Waals surface area (Å²) in [4.78, 5) is 0. The van der Waals surface area contributed by atoms with Crippen molar-refractivity contribution in [2.45, 2.75) is 175 Å². The first-order valence-corrected chi connectivity index (χ1v) is 14.5. The van der Waals surface area contributed by atoms with E-state index in [1.807, 2.05) is 0 Å². The van der Waals surface area contributed by atoms with Gasteiger partial charge in [0.2, 0.25) is 0 Å². The van der Waals surface area contributed by atoms with E-state index in [-0.39, 0.29) is 0 Å². The van der Waals surface area contributed by atoms with Crippen LogP contribution in [0.5, 0.6) is 0 Å². The zero-order valence-corrected chi connectivity index (χ0v) is 21.7. The van der Waals surface area contributed by atoms with Gasteiger partial charge in [0.05, 0.1) is 0 Å². The Morgan fingerprint density at radius 1 is 0.367 bits per heavy atom. The molecule has 1 atom stereocenters. The standard InChI is InChI=1S/C30H60/c1-4-7-9-11-12-13-14-15-16-17-18-19-20-21-22-23-24-26-29-30(27-6-3)28-25-10-8-5-2/h15-16,30H,4-14,17-29H2,1-3H3/b16-15+. The van der Waals surface area contributed by atoms with Crippen LogP contribution in [0.15, 0.2) is 12.2 Å². The molecule has 0 spiro atoms. The minimum Gasteiger partial charge on any atom is -0.0885 e. The number of hydrogen-bond donors (Lipinski definition) is 0. The Morgan fingerprint density at radius 2 is 0.733 bits per heavy atom. The maximum atomic E-state index is 2.45. The summed E-state index contributed by atoms with van der Waals surface area (Å²) in [6.45, 7) is 6.98. The molecular weight excluding hydrogens is 360 g/mol. The van der Waals surface area contributed by atoms with Crippen LogP contribution in [0, 0.1) is 5.92 Å². The zero-order valence-electron chi connectivity index (χ0n) is 21.7. The van der Waals surface area contributed by atoms with E-state index in [0.29, 0.717) is 0 Å². The highest BCUT2D eigenvalue weighted by molar-refractivity contribution is 4.81. The number of hydrogen-bond acceptors (Lipinski definition) is 0. The monoisotopic (exact) mass is 420 g/mol. The van der Waals surface area contributed by atoms with E-state index >= 15 is 0 Å². The van der Waals surface area contributed by atoms with Crippen molar-refractivity contribution in [1.29, 1.82) is 0 Å². The predicted octanol–water partition coefficient (Wildman–Crippen LogP) is 11.6. The maximum Gasteiger partial charge on any atom is -0.0351 e. The molecule has 0 aromatic heterocycles. The van der Waals surface area contributed by atoms with Gasteiger partial charge in [0.25, 0.3) is 0 Å². The van der Waals surface area contributed by atoms with Gasteiger partial charge in [-0.2, -0.15) is 0 Å². The van der Waals surface area contributed by atoms with Crippen molar-refractivity contribution in [3.63, 3.8) is 0 Å². The molecule has 0 heterocycles. The molecule has 0 N–H and O–H groups in total. The minimum atomic E-state index is 1.03. The molecule has 0 rings (SSSR count). The number of rotatable bonds is 25. The van der Waals surface area contributed by atoms with Gasteiger partial charge in [-0.1, -0.05) is 161 Å². The van der Waals surface area contributed by atoms with E-state index < -0.39 is 0 Å². The molecule has 0 amide bonds. The maximum absolute atomic E-state index is 2.45. The van der Waals surface area contributed by atoms with Crippen LogP contribution in [0.25, 0.3) is 0 Å². The summed E-state index contributed by atoms with van der Waals surface area (Å²) < 4.78 is 0. The molecule has 0 saturated carbocycles. The van der Waals surface area contributed by atoms with Gasteiger partial charge in [-0.15, -0.1) is 0 Å². The molecule has 0 nitrogen and oxygen atoms in total. The fraction of sp³-hybridized carbons (Fsp3) is 0.933. The number of unbranched alkanes of at least 4 members (excludes halogenated alkanes) is 17. The predicted molar refractivity (Wildman–Crippen MR) is 140 cm³/mol. The van der Waals surface area contributed by atoms with E-state index in [1.54, 1.807) is 0 Å². The first-order chi connectivity index (χ1) is 14.8. The van der Waals surface area contributed by atoms with Crippen molar-refractivity contribution in [3.05, 3.63) is 12.2 Å². The summed E-state index contributed by atoms with van der Waals surface area (Å²) in [6, 6.07) is 0. The van der Waals surface area contributed by atoms with E-state index in [4.69, 9.17) is 0 Å². The van der Waals surface area contributed by atoms with Crippen LogP contribution in [0.2, 0.25) is 0 Å². The molecule has 0 bridgehead atoms. The number of allylic oxidation sites excluding steroid dienone is 2. The van der Waals surface area contributed by atoms with Gasteiger partial charge in [0, 0.05) is 0 Å². The van der Waals surface area contributed by atoms with Crippen molar-refractivity contribution in [2.24, 2.45) is 5.92 Å². The van der Waals surface area contributed by atoms with E-state index in [0.717, 1.165) is 5.92 Å². The third-order valence-electron chi connectivity index (χ3n) is 6.79. The SMILES string of the molecule is CCCCCCCC/C=C/CCCCCCCCCCC(CCC)CCCCCC. The molecule has 0 saturated heterocycles. The lowest BCUT2D eigenvalue weighted by Crippen LogP contribution is -2.00. The summed E-state index contributed by atoms with van der Waals surface area (Å²) in [5.41, 5.74) is 0. The van der Waals surface area contributed by atoms with Gasteiger partial charge >= 0.3 is 0 Å². The Morgan fingerprint density at radius 3 is 1.17 bits per heavy atom. The first-order valence-electron chi connectivity index (χ1n) is 14.5. The van der Waals surface area contributed by atoms with Crippen LogP contribution in [-0.4, -0.2) is 0 Å². The Balaban J connectivity index is 3.31. The van der Waals surface area contributed by atoms with Crippen molar-refractivity contribution < 1.29 is 0 Å². The van der Waals surface area contributed by atoms with Gasteiger partial charge in [-0.05, 0) is 31.6 Å². The highest BCUT2D eigenvalue weighted by Gasteiger charge is 2.07. The largest absolute Gasteiger partial charge is 0.0885 e. The van der Waals surface area contributed by atoms with Crippen molar-refractivity contribution in [3.8, 4) is 0 Å². The van der Waals surface area contributed by atoms with Crippen LogP contribution >= 0.6 is 0 Å². The zero-order chi connectivity index (χ0) is 22.0. The highest BCUT2D eigenvalue weighted by Crippen LogP contribution is 2.23. The van der Waals surface area contributed by atoms with E-state index in [9.17, 15) is 0 Å². The lowest BCUT2D eigenvalue weighted by molar-refractivity contribution is 0.378. The Hall–Kier alpha value is -0.260. The summed E-state index contributed by atoms with van der Waals surface area (Å²) in [7, 11) is 0. The fourth-order valence-electron chi connectivity index (χ4n) is 4.74. The van der Waals surface area contributed by atoms with Gasteiger partial charge in [0.1, 0.15) is 0 Å². The van der Waals surface area contributed by atoms with Crippen LogP contribution in [0.1, 0.15) is 175 Å². The van der Waals surface area contributed by atoms with Crippen molar-refractivity contribution in [2.75, 3.05) is 0 Å². The molecule has 0 aliphatic heterocycles. The highest BCUT2D eigenvalue weighted by atomic mass is 14.1.